The summed E-state index contributed by atoms with van der Waals surface area (Å²) in [6, 6.07) is 1.43. The number of amides is 1. The maximum absolute atomic E-state index is 13.0. The first-order chi connectivity index (χ1) is 8.23. The summed E-state index contributed by atoms with van der Waals surface area (Å²) in [5.74, 6) is -2.32. The number of carbonyl (C=O) groups excluding carboxylic acids is 2. The molecular formula is C12H13F2NO3. The molecule has 4 nitrogen and oxygen atoms in total. The first-order valence-electron chi connectivity index (χ1n) is 5.17. The molecule has 1 aromatic rings. The average Bonchev–Trinajstić information content (AvgIpc) is 2.20. The van der Waals surface area contributed by atoms with Crippen molar-refractivity contribution in [3.05, 3.63) is 29.3 Å². The Morgan fingerprint density at radius 3 is 2.33 bits per heavy atom. The van der Waals surface area contributed by atoms with E-state index < -0.39 is 23.3 Å². The highest BCUT2D eigenvalue weighted by molar-refractivity contribution is 5.93. The number of ether oxygens (including phenoxy) is 1. The molecule has 1 aromatic carbocycles. The molecule has 1 amide bonds. The minimum absolute atomic E-state index is 0.141. The van der Waals surface area contributed by atoms with E-state index in [9.17, 15) is 18.4 Å². The molecule has 0 fully saturated rings. The fraction of sp³-hybridized carbons (Fsp3) is 0.333. The van der Waals surface area contributed by atoms with Crippen molar-refractivity contribution >= 4 is 18.1 Å². The lowest BCUT2D eigenvalue weighted by molar-refractivity contribution is 0.0636. The highest BCUT2D eigenvalue weighted by atomic mass is 19.2. The molecule has 18 heavy (non-hydrogen) atoms. The van der Waals surface area contributed by atoms with E-state index in [0.29, 0.717) is 12.4 Å². The lowest BCUT2D eigenvalue weighted by Crippen LogP contribution is -2.27. The van der Waals surface area contributed by atoms with E-state index in [4.69, 9.17) is 4.74 Å². The van der Waals surface area contributed by atoms with Crippen LogP contribution >= 0.6 is 0 Å². The Bertz CT molecular complexity index is 481. The molecule has 1 rings (SSSR count). The van der Waals surface area contributed by atoms with Crippen molar-refractivity contribution < 1.29 is 23.1 Å². The van der Waals surface area contributed by atoms with Gasteiger partial charge in [0.1, 0.15) is 5.60 Å². The maximum atomic E-state index is 13.0. The second-order valence-corrected chi connectivity index (χ2v) is 4.60. The van der Waals surface area contributed by atoms with Gasteiger partial charge in [0.15, 0.2) is 17.9 Å². The fourth-order valence-corrected chi connectivity index (χ4v) is 1.18. The molecule has 0 spiro atoms. The lowest BCUT2D eigenvalue weighted by atomic mass is 10.2. The van der Waals surface area contributed by atoms with Gasteiger partial charge in [0.25, 0.3) is 0 Å². The summed E-state index contributed by atoms with van der Waals surface area (Å²) >= 11 is 0. The van der Waals surface area contributed by atoms with Crippen molar-refractivity contribution in [3.8, 4) is 0 Å². The molecule has 0 saturated heterocycles. The molecule has 98 valence electrons. The quantitative estimate of drug-likeness (QED) is 0.828. The second kappa shape index (κ2) is 5.12. The van der Waals surface area contributed by atoms with Gasteiger partial charge >= 0.3 is 6.09 Å². The van der Waals surface area contributed by atoms with Crippen LogP contribution in [0.15, 0.2) is 12.1 Å². The zero-order valence-electron chi connectivity index (χ0n) is 10.2. The van der Waals surface area contributed by atoms with E-state index in [1.54, 1.807) is 20.8 Å². The Balaban J connectivity index is 2.94. The summed E-state index contributed by atoms with van der Waals surface area (Å²) in [6.07, 6.45) is -0.536. The Morgan fingerprint density at radius 2 is 1.83 bits per heavy atom. The van der Waals surface area contributed by atoms with Gasteiger partial charge in [0.2, 0.25) is 0 Å². The number of aldehydes is 1. The van der Waals surface area contributed by atoms with Crippen molar-refractivity contribution in [2.24, 2.45) is 0 Å². The van der Waals surface area contributed by atoms with Crippen LogP contribution in [0.4, 0.5) is 19.3 Å². The fourth-order valence-electron chi connectivity index (χ4n) is 1.18. The molecule has 0 aliphatic carbocycles. The van der Waals surface area contributed by atoms with Gasteiger partial charge < -0.3 is 4.74 Å². The lowest BCUT2D eigenvalue weighted by Gasteiger charge is -2.20. The molecule has 0 saturated carbocycles. The molecule has 6 heteroatoms. The van der Waals surface area contributed by atoms with Crippen LogP contribution in [0.25, 0.3) is 0 Å². The normalized spacial score (nSPS) is 10.9. The van der Waals surface area contributed by atoms with Crippen molar-refractivity contribution in [1.29, 1.82) is 0 Å². The van der Waals surface area contributed by atoms with Gasteiger partial charge in [0.05, 0.1) is 5.69 Å². The predicted molar refractivity (Wildman–Crippen MR) is 61.6 cm³/mol. The van der Waals surface area contributed by atoms with Crippen LogP contribution in [0.2, 0.25) is 0 Å². The molecule has 0 aromatic heterocycles. The summed E-state index contributed by atoms with van der Waals surface area (Å²) in [5.41, 5.74) is -1.04. The van der Waals surface area contributed by atoms with Crippen LogP contribution in [0, 0.1) is 11.6 Å². The number of hydrogen-bond donors (Lipinski definition) is 1. The van der Waals surface area contributed by atoms with Gasteiger partial charge in [-0.2, -0.15) is 0 Å². The topological polar surface area (TPSA) is 55.4 Å². The first-order valence-corrected chi connectivity index (χ1v) is 5.17. The van der Waals surface area contributed by atoms with Gasteiger partial charge in [-0.05, 0) is 26.8 Å². The Kier molecular flexibility index (Phi) is 4.00. The molecular weight excluding hydrogens is 244 g/mol. The molecule has 1 N–H and O–H groups in total. The smallest absolute Gasteiger partial charge is 0.412 e. The molecule has 0 unspecified atom stereocenters. The number of benzene rings is 1. The maximum Gasteiger partial charge on any atom is 0.412 e. The van der Waals surface area contributed by atoms with Crippen molar-refractivity contribution in [1.82, 2.24) is 0 Å². The van der Waals surface area contributed by atoms with E-state index in [2.05, 4.69) is 5.32 Å². The SMILES string of the molecule is CC(C)(C)OC(=O)Nc1cc(F)c(F)cc1C=O. The van der Waals surface area contributed by atoms with Gasteiger partial charge in [-0.15, -0.1) is 0 Å². The summed E-state index contributed by atoms with van der Waals surface area (Å²) in [7, 11) is 0. The van der Waals surface area contributed by atoms with E-state index in [-0.39, 0.29) is 11.3 Å². The highest BCUT2D eigenvalue weighted by Gasteiger charge is 2.18. The average molecular weight is 257 g/mol. The molecule has 0 aliphatic heterocycles. The van der Waals surface area contributed by atoms with E-state index in [0.717, 1.165) is 6.07 Å². The third-order valence-electron chi connectivity index (χ3n) is 1.86. The van der Waals surface area contributed by atoms with E-state index in [1.807, 2.05) is 0 Å². The summed E-state index contributed by atoms with van der Waals surface area (Å²) in [6.45, 7) is 4.95. The minimum Gasteiger partial charge on any atom is -0.444 e. The number of anilines is 1. The highest BCUT2D eigenvalue weighted by Crippen LogP contribution is 2.19. The summed E-state index contributed by atoms with van der Waals surface area (Å²) in [5, 5.41) is 2.19. The Hall–Kier alpha value is -1.98. The predicted octanol–water partition coefficient (Wildman–Crippen LogP) is 3.12. The molecule has 0 heterocycles. The van der Waals surface area contributed by atoms with Crippen LogP contribution in [-0.4, -0.2) is 18.0 Å². The Morgan fingerprint density at radius 1 is 1.28 bits per heavy atom. The standard InChI is InChI=1S/C12H13F2NO3/c1-12(2,3)18-11(17)15-10-5-9(14)8(13)4-7(10)6-16/h4-6H,1-3H3,(H,15,17). The number of nitrogens with one attached hydrogen (secondary N) is 1. The number of carbonyl (C=O) groups is 2. The third kappa shape index (κ3) is 3.80. The van der Waals surface area contributed by atoms with E-state index >= 15 is 0 Å². The van der Waals surface area contributed by atoms with Crippen LogP contribution in [-0.2, 0) is 4.74 Å². The molecule has 0 atom stereocenters. The minimum atomic E-state index is -1.16. The molecule has 0 aliphatic rings. The number of hydrogen-bond acceptors (Lipinski definition) is 3. The second-order valence-electron chi connectivity index (χ2n) is 4.60. The third-order valence-corrected chi connectivity index (χ3v) is 1.86. The molecule has 0 bridgehead atoms. The Labute approximate surface area is 103 Å². The zero-order chi connectivity index (χ0) is 13.9. The van der Waals surface area contributed by atoms with Gasteiger partial charge in [0, 0.05) is 11.6 Å². The van der Waals surface area contributed by atoms with Crippen LogP contribution in [0.1, 0.15) is 31.1 Å². The van der Waals surface area contributed by atoms with E-state index in [1.165, 1.54) is 0 Å². The van der Waals surface area contributed by atoms with Crippen molar-refractivity contribution in [2.75, 3.05) is 5.32 Å². The molecule has 0 radical (unpaired) electrons. The van der Waals surface area contributed by atoms with Crippen LogP contribution < -0.4 is 5.32 Å². The summed E-state index contributed by atoms with van der Waals surface area (Å²) in [4.78, 5) is 22.1. The van der Waals surface area contributed by atoms with Crippen LogP contribution in [0.3, 0.4) is 0 Å². The van der Waals surface area contributed by atoms with Gasteiger partial charge in [-0.1, -0.05) is 0 Å². The monoisotopic (exact) mass is 257 g/mol. The summed E-state index contributed by atoms with van der Waals surface area (Å²) < 4.78 is 30.8. The van der Waals surface area contributed by atoms with Crippen LogP contribution in [0.5, 0.6) is 0 Å². The van der Waals surface area contributed by atoms with Crippen molar-refractivity contribution in [3.63, 3.8) is 0 Å². The van der Waals surface area contributed by atoms with Crippen molar-refractivity contribution in [2.45, 2.75) is 26.4 Å². The van der Waals surface area contributed by atoms with Gasteiger partial charge in [-0.3, -0.25) is 10.1 Å². The van der Waals surface area contributed by atoms with Gasteiger partial charge in [-0.25, -0.2) is 13.6 Å². The largest absolute Gasteiger partial charge is 0.444 e. The first kappa shape index (κ1) is 14.1. The number of halogens is 2. The number of rotatable bonds is 2. The zero-order valence-corrected chi connectivity index (χ0v) is 10.2.